The van der Waals surface area contributed by atoms with E-state index in [0.29, 0.717) is 24.3 Å². The van der Waals surface area contributed by atoms with Gasteiger partial charge in [0.25, 0.3) is 0 Å². The Balaban J connectivity index is 1.57. The van der Waals surface area contributed by atoms with Crippen molar-refractivity contribution in [3.8, 4) is 0 Å². The summed E-state index contributed by atoms with van der Waals surface area (Å²) in [5.41, 5.74) is 3.10. The molecular formula is C19H22N6O3S. The van der Waals surface area contributed by atoms with Gasteiger partial charge in [-0.25, -0.2) is 22.9 Å². The molecule has 0 aliphatic carbocycles. The number of aromatic nitrogens is 3. The predicted molar refractivity (Wildman–Crippen MR) is 110 cm³/mol. The normalized spacial score (nSPS) is 11.1. The lowest BCUT2D eigenvalue weighted by molar-refractivity contribution is 0.240. The molecule has 0 aliphatic rings. The first-order valence-electron chi connectivity index (χ1n) is 8.87. The number of sulfonamides is 1. The van der Waals surface area contributed by atoms with Crippen LogP contribution in [0, 0.1) is 0 Å². The number of rotatable bonds is 8. The van der Waals surface area contributed by atoms with E-state index in [1.807, 2.05) is 24.3 Å². The molecule has 0 aliphatic heterocycles. The SMILES string of the molecule is CS(=O)(=O)Nc1ccccc1CNC(=O)NCc1ccccc1Cn1cncn1. The highest BCUT2D eigenvalue weighted by atomic mass is 32.2. The van der Waals surface area contributed by atoms with Gasteiger partial charge in [0.2, 0.25) is 10.0 Å². The zero-order valence-corrected chi connectivity index (χ0v) is 16.7. The molecule has 0 unspecified atom stereocenters. The fourth-order valence-electron chi connectivity index (χ4n) is 2.76. The van der Waals surface area contributed by atoms with Crippen molar-refractivity contribution >= 4 is 21.7 Å². The Hall–Kier alpha value is -3.40. The van der Waals surface area contributed by atoms with Crippen LogP contribution in [0.4, 0.5) is 10.5 Å². The first-order valence-corrected chi connectivity index (χ1v) is 10.8. The minimum Gasteiger partial charge on any atom is -0.334 e. The Morgan fingerprint density at radius 1 is 0.966 bits per heavy atom. The summed E-state index contributed by atoms with van der Waals surface area (Å²) < 4.78 is 27.1. The molecule has 2 amide bonds. The first-order chi connectivity index (χ1) is 13.9. The van der Waals surface area contributed by atoms with Gasteiger partial charge >= 0.3 is 6.03 Å². The number of urea groups is 1. The highest BCUT2D eigenvalue weighted by Gasteiger charge is 2.09. The van der Waals surface area contributed by atoms with E-state index in [2.05, 4.69) is 25.4 Å². The van der Waals surface area contributed by atoms with Crippen LogP contribution in [0.3, 0.4) is 0 Å². The minimum atomic E-state index is -3.40. The minimum absolute atomic E-state index is 0.186. The van der Waals surface area contributed by atoms with Gasteiger partial charge in [-0.15, -0.1) is 0 Å². The summed E-state index contributed by atoms with van der Waals surface area (Å²) in [7, 11) is -3.40. The van der Waals surface area contributed by atoms with Crippen molar-refractivity contribution in [3.05, 3.63) is 77.9 Å². The van der Waals surface area contributed by atoms with Crippen LogP contribution in [-0.2, 0) is 29.7 Å². The molecule has 0 bridgehead atoms. The number of nitrogens with one attached hydrogen (secondary N) is 3. The second-order valence-electron chi connectivity index (χ2n) is 6.43. The molecule has 29 heavy (non-hydrogen) atoms. The zero-order chi connectivity index (χ0) is 20.7. The van der Waals surface area contributed by atoms with Crippen LogP contribution in [0.5, 0.6) is 0 Å². The third-order valence-corrected chi connectivity index (χ3v) is 4.70. The molecule has 3 aromatic rings. The van der Waals surface area contributed by atoms with Crippen LogP contribution < -0.4 is 15.4 Å². The molecule has 1 aromatic heterocycles. The largest absolute Gasteiger partial charge is 0.334 e. The summed E-state index contributed by atoms with van der Waals surface area (Å²) in [6, 6.07) is 14.3. The van der Waals surface area contributed by atoms with Crippen LogP contribution in [-0.4, -0.2) is 35.5 Å². The maximum atomic E-state index is 12.2. The molecule has 2 aromatic carbocycles. The highest BCUT2D eigenvalue weighted by Crippen LogP contribution is 2.16. The number of amides is 2. The van der Waals surface area contributed by atoms with Gasteiger partial charge in [0.15, 0.2) is 0 Å². The second kappa shape index (κ2) is 9.20. The van der Waals surface area contributed by atoms with E-state index < -0.39 is 10.0 Å². The number of carbonyl (C=O) groups excluding carboxylic acids is 1. The maximum absolute atomic E-state index is 12.2. The molecule has 0 saturated carbocycles. The Bertz CT molecular complexity index is 1070. The standard InChI is InChI=1S/C19H22N6O3S/c1-29(27,28)24-18-9-5-4-7-16(18)11-22-19(26)21-10-15-6-2-3-8-17(15)12-25-14-20-13-23-25/h2-9,13-14,24H,10-12H2,1H3,(H2,21,22,26). The Labute approximate surface area is 169 Å². The summed E-state index contributed by atoms with van der Waals surface area (Å²) >= 11 is 0. The van der Waals surface area contributed by atoms with E-state index in [-0.39, 0.29) is 12.6 Å². The van der Waals surface area contributed by atoms with Crippen molar-refractivity contribution < 1.29 is 13.2 Å². The molecule has 0 fully saturated rings. The van der Waals surface area contributed by atoms with Crippen LogP contribution in [0.15, 0.2) is 61.2 Å². The molecule has 152 valence electrons. The average molecular weight is 414 g/mol. The van der Waals surface area contributed by atoms with Crippen LogP contribution in [0.25, 0.3) is 0 Å². The lowest BCUT2D eigenvalue weighted by Crippen LogP contribution is -2.35. The Morgan fingerprint density at radius 2 is 1.59 bits per heavy atom. The maximum Gasteiger partial charge on any atom is 0.315 e. The fourth-order valence-corrected chi connectivity index (χ4v) is 3.36. The molecule has 0 saturated heterocycles. The first kappa shape index (κ1) is 20.3. The van der Waals surface area contributed by atoms with Crippen molar-refractivity contribution in [2.24, 2.45) is 0 Å². The van der Waals surface area contributed by atoms with E-state index in [4.69, 9.17) is 0 Å². The number of hydrogen-bond donors (Lipinski definition) is 3. The van der Waals surface area contributed by atoms with Gasteiger partial charge in [-0.05, 0) is 22.8 Å². The van der Waals surface area contributed by atoms with Gasteiger partial charge in [0.1, 0.15) is 12.7 Å². The molecule has 1 heterocycles. The Morgan fingerprint density at radius 3 is 2.24 bits per heavy atom. The highest BCUT2D eigenvalue weighted by molar-refractivity contribution is 7.92. The summed E-state index contributed by atoms with van der Waals surface area (Å²) in [4.78, 5) is 16.2. The number of benzene rings is 2. The fraction of sp³-hybridized carbons (Fsp3) is 0.211. The number of hydrogen-bond acceptors (Lipinski definition) is 5. The van der Waals surface area contributed by atoms with Gasteiger partial charge in [0.05, 0.1) is 18.5 Å². The van der Waals surface area contributed by atoms with Gasteiger partial charge in [-0.2, -0.15) is 5.10 Å². The van der Waals surface area contributed by atoms with Crippen molar-refractivity contribution in [2.75, 3.05) is 11.0 Å². The van der Waals surface area contributed by atoms with Crippen molar-refractivity contribution in [1.29, 1.82) is 0 Å². The third kappa shape index (κ3) is 6.32. The monoisotopic (exact) mass is 414 g/mol. The van der Waals surface area contributed by atoms with E-state index in [9.17, 15) is 13.2 Å². The molecule has 0 spiro atoms. The van der Waals surface area contributed by atoms with Crippen LogP contribution >= 0.6 is 0 Å². The summed E-state index contributed by atoms with van der Waals surface area (Å²) in [5, 5.41) is 9.67. The van der Waals surface area contributed by atoms with Crippen molar-refractivity contribution in [2.45, 2.75) is 19.6 Å². The van der Waals surface area contributed by atoms with Gasteiger partial charge in [-0.3, -0.25) is 4.72 Å². The van der Waals surface area contributed by atoms with Gasteiger partial charge in [0, 0.05) is 13.1 Å². The number of carbonyl (C=O) groups is 1. The van der Waals surface area contributed by atoms with Crippen LogP contribution in [0.2, 0.25) is 0 Å². The molecule has 3 N–H and O–H groups in total. The molecule has 0 radical (unpaired) electrons. The number of para-hydroxylation sites is 1. The summed E-state index contributed by atoms with van der Waals surface area (Å²) in [5.74, 6) is 0. The van der Waals surface area contributed by atoms with Gasteiger partial charge in [-0.1, -0.05) is 42.5 Å². The average Bonchev–Trinajstić information content (AvgIpc) is 3.18. The van der Waals surface area contributed by atoms with Gasteiger partial charge < -0.3 is 10.6 Å². The quantitative estimate of drug-likeness (QED) is 0.518. The zero-order valence-electron chi connectivity index (χ0n) is 15.9. The molecule has 10 heteroatoms. The van der Waals surface area contributed by atoms with E-state index in [0.717, 1.165) is 17.4 Å². The smallest absolute Gasteiger partial charge is 0.315 e. The van der Waals surface area contributed by atoms with Crippen molar-refractivity contribution in [1.82, 2.24) is 25.4 Å². The second-order valence-corrected chi connectivity index (χ2v) is 8.18. The Kier molecular flexibility index (Phi) is 6.45. The lowest BCUT2D eigenvalue weighted by Gasteiger charge is -2.13. The molecular weight excluding hydrogens is 392 g/mol. The lowest BCUT2D eigenvalue weighted by atomic mass is 10.1. The number of anilines is 1. The predicted octanol–water partition coefficient (Wildman–Crippen LogP) is 1.70. The number of nitrogens with zero attached hydrogens (tertiary/aromatic N) is 3. The van der Waals surface area contributed by atoms with E-state index in [1.165, 1.54) is 6.33 Å². The van der Waals surface area contributed by atoms with Crippen LogP contribution in [0.1, 0.15) is 16.7 Å². The van der Waals surface area contributed by atoms with E-state index >= 15 is 0 Å². The summed E-state index contributed by atoms with van der Waals surface area (Å²) in [6.07, 6.45) is 4.20. The molecule has 0 atom stereocenters. The third-order valence-electron chi connectivity index (χ3n) is 4.11. The topological polar surface area (TPSA) is 118 Å². The van der Waals surface area contributed by atoms with E-state index in [1.54, 1.807) is 35.3 Å². The summed E-state index contributed by atoms with van der Waals surface area (Å²) in [6.45, 7) is 1.09. The molecule has 3 rings (SSSR count). The van der Waals surface area contributed by atoms with Crippen molar-refractivity contribution in [3.63, 3.8) is 0 Å². The molecule has 9 nitrogen and oxygen atoms in total.